The van der Waals surface area contributed by atoms with Crippen molar-refractivity contribution in [2.45, 2.75) is 58.4 Å². The fourth-order valence-corrected chi connectivity index (χ4v) is 3.50. The maximum Gasteiger partial charge on any atom is 0.00925 e. The van der Waals surface area contributed by atoms with Crippen LogP contribution < -0.4 is 0 Å². The van der Waals surface area contributed by atoms with Crippen LogP contribution in [0, 0.1) is 11.8 Å². The van der Waals surface area contributed by atoms with Crippen molar-refractivity contribution in [1.82, 2.24) is 4.90 Å². The van der Waals surface area contributed by atoms with Gasteiger partial charge in [0.2, 0.25) is 0 Å². The summed E-state index contributed by atoms with van der Waals surface area (Å²) in [4.78, 5) is 2.61. The summed E-state index contributed by atoms with van der Waals surface area (Å²) in [5.74, 6) is 1.84. The summed E-state index contributed by atoms with van der Waals surface area (Å²) in [6.07, 6.45) is 8.43. The minimum absolute atomic E-state index is 0.828. The van der Waals surface area contributed by atoms with Gasteiger partial charge in [0.15, 0.2) is 0 Å². The first-order valence-electron chi connectivity index (χ1n) is 6.97. The molecule has 96 valence electrons. The van der Waals surface area contributed by atoms with Gasteiger partial charge in [-0.15, -0.1) is 0 Å². The SMILES string of the molecule is CCC1CCC(N(C)CC(CC)CBr)CC1. The Hall–Kier alpha value is 0.440. The largest absolute Gasteiger partial charge is 0.303 e. The molecule has 0 aromatic carbocycles. The Morgan fingerprint density at radius 3 is 2.25 bits per heavy atom. The number of nitrogens with zero attached hydrogens (tertiary/aromatic N) is 1. The molecular weight excluding hydrogens is 262 g/mol. The quantitative estimate of drug-likeness (QED) is 0.659. The summed E-state index contributed by atoms with van der Waals surface area (Å²) in [5.41, 5.74) is 0. The van der Waals surface area contributed by atoms with E-state index in [9.17, 15) is 0 Å². The van der Waals surface area contributed by atoms with Gasteiger partial charge >= 0.3 is 0 Å². The highest BCUT2D eigenvalue weighted by atomic mass is 79.9. The summed E-state index contributed by atoms with van der Waals surface area (Å²) >= 11 is 3.62. The fourth-order valence-electron chi connectivity index (χ4n) is 2.84. The monoisotopic (exact) mass is 289 g/mol. The average molecular weight is 290 g/mol. The Kier molecular flexibility index (Phi) is 6.98. The van der Waals surface area contributed by atoms with E-state index in [4.69, 9.17) is 0 Å². The van der Waals surface area contributed by atoms with Gasteiger partial charge in [0.05, 0.1) is 0 Å². The molecule has 1 unspecified atom stereocenters. The molecule has 0 saturated heterocycles. The molecule has 1 fully saturated rings. The zero-order valence-corrected chi connectivity index (χ0v) is 12.8. The van der Waals surface area contributed by atoms with E-state index in [1.165, 1.54) is 45.1 Å². The molecule has 0 aromatic rings. The highest BCUT2D eigenvalue weighted by molar-refractivity contribution is 9.09. The second-order valence-electron chi connectivity index (χ2n) is 5.45. The van der Waals surface area contributed by atoms with Crippen LogP contribution in [0.4, 0.5) is 0 Å². The summed E-state index contributed by atoms with van der Waals surface area (Å²) in [7, 11) is 2.32. The van der Waals surface area contributed by atoms with Gasteiger partial charge in [-0.1, -0.05) is 42.6 Å². The van der Waals surface area contributed by atoms with Gasteiger partial charge in [0, 0.05) is 17.9 Å². The highest BCUT2D eigenvalue weighted by Crippen LogP contribution is 2.29. The number of halogens is 1. The van der Waals surface area contributed by atoms with E-state index in [0.29, 0.717) is 0 Å². The minimum atomic E-state index is 0.828. The van der Waals surface area contributed by atoms with Gasteiger partial charge in [0.1, 0.15) is 0 Å². The minimum Gasteiger partial charge on any atom is -0.303 e. The molecule has 1 aliphatic carbocycles. The van der Waals surface area contributed by atoms with Crippen LogP contribution >= 0.6 is 15.9 Å². The molecule has 0 heterocycles. The molecule has 16 heavy (non-hydrogen) atoms. The molecule has 1 rings (SSSR count). The van der Waals surface area contributed by atoms with Gasteiger partial charge in [-0.2, -0.15) is 0 Å². The van der Waals surface area contributed by atoms with Crippen molar-refractivity contribution in [3.05, 3.63) is 0 Å². The third-order valence-corrected chi connectivity index (χ3v) is 5.27. The van der Waals surface area contributed by atoms with E-state index in [-0.39, 0.29) is 0 Å². The maximum atomic E-state index is 3.62. The van der Waals surface area contributed by atoms with E-state index in [1.54, 1.807) is 0 Å². The zero-order valence-electron chi connectivity index (χ0n) is 11.2. The zero-order chi connectivity index (χ0) is 12.0. The van der Waals surface area contributed by atoms with Crippen LogP contribution in [0.1, 0.15) is 52.4 Å². The van der Waals surface area contributed by atoms with E-state index in [1.807, 2.05) is 0 Å². The lowest BCUT2D eigenvalue weighted by atomic mass is 9.84. The summed E-state index contributed by atoms with van der Waals surface area (Å²) in [6, 6.07) is 0.857. The molecular formula is C14H28BrN. The molecule has 1 saturated carbocycles. The van der Waals surface area contributed by atoms with Crippen LogP contribution in [0.15, 0.2) is 0 Å². The lowest BCUT2D eigenvalue weighted by molar-refractivity contribution is 0.147. The van der Waals surface area contributed by atoms with Gasteiger partial charge in [-0.05, 0) is 44.6 Å². The molecule has 0 amide bonds. The van der Waals surface area contributed by atoms with Gasteiger partial charge in [-0.25, -0.2) is 0 Å². The van der Waals surface area contributed by atoms with Crippen LogP contribution in [0.5, 0.6) is 0 Å². The van der Waals surface area contributed by atoms with Gasteiger partial charge < -0.3 is 4.90 Å². The van der Waals surface area contributed by atoms with Crippen molar-refractivity contribution in [2.75, 3.05) is 18.9 Å². The Balaban J connectivity index is 2.29. The van der Waals surface area contributed by atoms with Crippen LogP contribution in [0.25, 0.3) is 0 Å². The Morgan fingerprint density at radius 2 is 1.81 bits per heavy atom. The molecule has 0 spiro atoms. The average Bonchev–Trinajstić information content (AvgIpc) is 2.35. The van der Waals surface area contributed by atoms with Crippen molar-refractivity contribution < 1.29 is 0 Å². The Labute approximate surface area is 110 Å². The van der Waals surface area contributed by atoms with Crippen LogP contribution in [-0.2, 0) is 0 Å². The first-order valence-corrected chi connectivity index (χ1v) is 8.09. The summed E-state index contributed by atoms with van der Waals surface area (Å²) in [6.45, 7) is 5.91. The predicted molar refractivity (Wildman–Crippen MR) is 76.2 cm³/mol. The summed E-state index contributed by atoms with van der Waals surface area (Å²) < 4.78 is 0. The number of alkyl halides is 1. The molecule has 1 nitrogen and oxygen atoms in total. The standard InChI is InChI=1S/C14H28BrN/c1-4-12-6-8-14(9-7-12)16(3)11-13(5-2)10-15/h12-14H,4-11H2,1-3H3. The second-order valence-corrected chi connectivity index (χ2v) is 6.10. The van der Waals surface area contributed by atoms with Crippen molar-refractivity contribution in [1.29, 1.82) is 0 Å². The molecule has 0 aliphatic heterocycles. The lowest BCUT2D eigenvalue weighted by Crippen LogP contribution is -2.38. The van der Waals surface area contributed by atoms with Gasteiger partial charge in [-0.3, -0.25) is 0 Å². The number of hydrogen-bond donors (Lipinski definition) is 0. The van der Waals surface area contributed by atoms with E-state index in [0.717, 1.165) is 23.2 Å². The van der Waals surface area contributed by atoms with E-state index in [2.05, 4.69) is 41.7 Å². The van der Waals surface area contributed by atoms with Crippen molar-refractivity contribution >= 4 is 15.9 Å². The normalized spacial score (nSPS) is 28.3. The Bertz CT molecular complexity index is 172. The summed E-state index contributed by atoms with van der Waals surface area (Å²) in [5, 5.41) is 1.15. The number of hydrogen-bond acceptors (Lipinski definition) is 1. The molecule has 0 N–H and O–H groups in total. The third kappa shape index (κ3) is 4.37. The highest BCUT2D eigenvalue weighted by Gasteiger charge is 2.23. The maximum absolute atomic E-state index is 3.62. The van der Waals surface area contributed by atoms with Gasteiger partial charge in [0.25, 0.3) is 0 Å². The van der Waals surface area contributed by atoms with Crippen LogP contribution in [0.2, 0.25) is 0 Å². The topological polar surface area (TPSA) is 3.24 Å². The van der Waals surface area contributed by atoms with Crippen molar-refractivity contribution in [2.24, 2.45) is 11.8 Å². The second kappa shape index (κ2) is 7.71. The molecule has 2 heteroatoms. The fraction of sp³-hybridized carbons (Fsp3) is 1.00. The predicted octanol–water partition coefficient (Wildman–Crippen LogP) is 4.31. The molecule has 0 bridgehead atoms. The molecule has 0 radical (unpaired) electrons. The Morgan fingerprint density at radius 1 is 1.19 bits per heavy atom. The van der Waals surface area contributed by atoms with E-state index >= 15 is 0 Å². The van der Waals surface area contributed by atoms with Crippen LogP contribution in [0.3, 0.4) is 0 Å². The van der Waals surface area contributed by atoms with Crippen molar-refractivity contribution in [3.8, 4) is 0 Å². The lowest BCUT2D eigenvalue weighted by Gasteiger charge is -2.35. The molecule has 1 atom stereocenters. The van der Waals surface area contributed by atoms with E-state index < -0.39 is 0 Å². The third-order valence-electron chi connectivity index (χ3n) is 4.36. The molecule has 0 aromatic heterocycles. The number of rotatable bonds is 6. The van der Waals surface area contributed by atoms with Crippen molar-refractivity contribution in [3.63, 3.8) is 0 Å². The first-order chi connectivity index (χ1) is 7.71. The molecule has 1 aliphatic rings. The smallest absolute Gasteiger partial charge is 0.00925 e. The first kappa shape index (κ1) is 14.5. The van der Waals surface area contributed by atoms with Crippen LogP contribution in [-0.4, -0.2) is 29.9 Å².